The van der Waals surface area contributed by atoms with E-state index in [-0.39, 0.29) is 9.13 Å². The maximum Gasteiger partial charge on any atom is 0.432 e. The zero-order chi connectivity index (χ0) is 15.1. The topological polar surface area (TPSA) is 0 Å². The lowest BCUT2D eigenvalue weighted by Crippen LogP contribution is -2.54. The van der Waals surface area contributed by atoms with Gasteiger partial charge in [0.2, 0.25) is 0 Å². The van der Waals surface area contributed by atoms with Crippen LogP contribution in [0.2, 0.25) is 0 Å². The third-order valence-corrected chi connectivity index (χ3v) is 3.01. The Bertz CT molecular complexity index is 448. The van der Waals surface area contributed by atoms with Gasteiger partial charge in [0.15, 0.2) is 6.67 Å². The van der Waals surface area contributed by atoms with Crippen LogP contribution in [0.1, 0.15) is 11.1 Å². The summed E-state index contributed by atoms with van der Waals surface area (Å²) in [7, 11) is 0. The fourth-order valence-corrected chi connectivity index (χ4v) is 2.31. The second-order valence-electron chi connectivity index (χ2n) is 3.89. The number of halogens is 8. The van der Waals surface area contributed by atoms with Crippen LogP contribution in [0.3, 0.4) is 0 Å². The van der Waals surface area contributed by atoms with Gasteiger partial charge in [0.1, 0.15) is 0 Å². The van der Waals surface area contributed by atoms with Gasteiger partial charge in [0.05, 0.1) is 0 Å². The molecule has 1 aromatic carbocycles. The molecule has 0 aliphatic carbocycles. The Morgan fingerprint density at radius 1 is 1.11 bits per heavy atom. The highest BCUT2D eigenvalue weighted by molar-refractivity contribution is 14.1. The van der Waals surface area contributed by atoms with Gasteiger partial charge >= 0.3 is 12.1 Å². The van der Waals surface area contributed by atoms with Crippen molar-refractivity contribution in [2.24, 2.45) is 0 Å². The number of benzene rings is 1. The first kappa shape index (κ1) is 16.5. The summed E-state index contributed by atoms with van der Waals surface area (Å²) in [5, 5.41) is 0. The molecule has 0 fully saturated rings. The molecule has 1 unspecified atom stereocenters. The molecule has 0 amide bonds. The fraction of sp³-hybridized carbons (Fsp3) is 0.455. The third-order valence-electron chi connectivity index (χ3n) is 2.43. The molecule has 19 heavy (non-hydrogen) atoms. The van der Waals surface area contributed by atoms with Gasteiger partial charge in [-0.15, -0.1) is 0 Å². The summed E-state index contributed by atoms with van der Waals surface area (Å²) in [5.41, 5.74) is -6.36. The summed E-state index contributed by atoms with van der Waals surface area (Å²) in [6, 6.07) is 3.67. The van der Waals surface area contributed by atoms with Gasteiger partial charge in [-0.25, -0.2) is 8.78 Å². The normalized spacial score (nSPS) is 16.3. The quantitative estimate of drug-likeness (QED) is 0.510. The monoisotopic (exact) mass is 399 g/mol. The van der Waals surface area contributed by atoms with E-state index in [1.165, 1.54) is 29.5 Å². The summed E-state index contributed by atoms with van der Waals surface area (Å²) >= 11 is 1.51. The molecule has 1 atom stereocenters. The molecule has 0 saturated carbocycles. The molecule has 1 aromatic rings. The molecule has 8 heteroatoms. The molecule has 0 saturated heterocycles. The van der Waals surface area contributed by atoms with Gasteiger partial charge in [0, 0.05) is 9.13 Å². The van der Waals surface area contributed by atoms with Gasteiger partial charge in [0.25, 0.3) is 5.67 Å². The smallest absolute Gasteiger partial charge is 0.244 e. The molecular weight excluding hydrogens is 392 g/mol. The Morgan fingerprint density at radius 3 is 2.00 bits per heavy atom. The maximum absolute atomic E-state index is 14.0. The van der Waals surface area contributed by atoms with Crippen LogP contribution >= 0.6 is 22.6 Å². The van der Waals surface area contributed by atoms with Crippen molar-refractivity contribution >= 4 is 22.6 Å². The first-order chi connectivity index (χ1) is 8.45. The van der Waals surface area contributed by atoms with Crippen LogP contribution < -0.4 is 0 Å². The highest BCUT2D eigenvalue weighted by Gasteiger charge is 2.72. The summed E-state index contributed by atoms with van der Waals surface area (Å²) in [4.78, 5) is 0. The van der Waals surface area contributed by atoms with E-state index in [0.717, 1.165) is 0 Å². The van der Waals surface area contributed by atoms with Gasteiger partial charge in [-0.3, -0.25) is 0 Å². The molecule has 0 aliphatic heterocycles. The van der Waals surface area contributed by atoms with E-state index in [9.17, 15) is 30.7 Å². The van der Waals surface area contributed by atoms with E-state index in [4.69, 9.17) is 0 Å². The predicted molar refractivity (Wildman–Crippen MR) is 62.5 cm³/mol. The molecule has 0 aliphatic rings. The van der Waals surface area contributed by atoms with E-state index in [1.54, 1.807) is 0 Å². The zero-order valence-corrected chi connectivity index (χ0v) is 11.5. The second kappa shape index (κ2) is 5.10. The Kier molecular flexibility index (Phi) is 4.43. The lowest BCUT2D eigenvalue weighted by Gasteiger charge is -2.34. The van der Waals surface area contributed by atoms with E-state index in [1.807, 2.05) is 0 Å². The minimum atomic E-state index is -5.94. The molecule has 0 spiro atoms. The molecule has 0 bridgehead atoms. The lowest BCUT2D eigenvalue weighted by molar-refractivity contribution is -0.312. The van der Waals surface area contributed by atoms with Crippen LogP contribution in [0.25, 0.3) is 0 Å². The van der Waals surface area contributed by atoms with Crippen molar-refractivity contribution in [2.75, 3.05) is 6.67 Å². The highest BCUT2D eigenvalue weighted by atomic mass is 127. The summed E-state index contributed by atoms with van der Waals surface area (Å²) < 4.78 is 90.7. The van der Waals surface area contributed by atoms with Crippen molar-refractivity contribution < 1.29 is 30.7 Å². The molecule has 1 radical (unpaired) electrons. The largest absolute Gasteiger partial charge is 0.432 e. The lowest BCUT2D eigenvalue weighted by atomic mass is 9.88. The molecule has 107 valence electrons. The summed E-state index contributed by atoms with van der Waals surface area (Å²) in [5.74, 6) is -5.21. The van der Waals surface area contributed by atoms with Crippen LogP contribution in [-0.2, 0) is 5.67 Å². The average molecular weight is 399 g/mol. The van der Waals surface area contributed by atoms with Crippen molar-refractivity contribution in [1.82, 2.24) is 0 Å². The molecule has 0 aromatic heterocycles. The number of hydrogen-bond acceptors (Lipinski definition) is 0. The summed E-state index contributed by atoms with van der Waals surface area (Å²) in [6.07, 6.45) is -5.94. The van der Waals surface area contributed by atoms with E-state index in [2.05, 4.69) is 6.07 Å². The number of rotatable bonds is 3. The molecule has 1 rings (SSSR count). The van der Waals surface area contributed by atoms with Gasteiger partial charge in [-0.05, 0) is 47.2 Å². The minimum Gasteiger partial charge on any atom is -0.244 e. The van der Waals surface area contributed by atoms with E-state index >= 15 is 0 Å². The molecule has 0 N–H and O–H groups in total. The van der Waals surface area contributed by atoms with Crippen molar-refractivity contribution in [1.29, 1.82) is 0 Å². The van der Waals surface area contributed by atoms with Crippen molar-refractivity contribution in [3.63, 3.8) is 0 Å². The second-order valence-corrected chi connectivity index (χ2v) is 5.06. The van der Waals surface area contributed by atoms with Crippen LogP contribution in [0, 0.1) is 16.6 Å². The van der Waals surface area contributed by atoms with Crippen molar-refractivity contribution in [2.45, 2.75) is 24.7 Å². The van der Waals surface area contributed by atoms with Crippen molar-refractivity contribution in [3.8, 4) is 0 Å². The van der Waals surface area contributed by atoms with Crippen LogP contribution in [0.5, 0.6) is 0 Å². The Hall–Kier alpha value is -0.540. The van der Waals surface area contributed by atoms with Crippen LogP contribution in [0.15, 0.2) is 12.1 Å². The predicted octanol–water partition coefficient (Wildman–Crippen LogP) is 4.73. The van der Waals surface area contributed by atoms with Gasteiger partial charge in [-0.1, -0.05) is 6.07 Å². The standard InChI is InChI=1S/C11H7F7I/c1-6-2-7(4-8(19)3-6)10(15,11(16,17)18)9(13,14)5-12/h2,4H,5H2,1H3. The molecule has 0 heterocycles. The van der Waals surface area contributed by atoms with Gasteiger partial charge < -0.3 is 0 Å². The number of alkyl halides is 7. The number of aryl methyl sites for hydroxylation is 1. The Balaban J connectivity index is 3.58. The molecule has 0 nitrogen and oxygen atoms in total. The Labute approximate surface area is 118 Å². The SMILES string of the molecule is Cc1[c]c(I)cc(C(F)(C(F)(F)F)C(F)(F)CF)c1. The van der Waals surface area contributed by atoms with E-state index < -0.39 is 30.0 Å². The summed E-state index contributed by atoms with van der Waals surface area (Å²) in [6.45, 7) is -1.48. The fourth-order valence-electron chi connectivity index (χ4n) is 1.55. The van der Waals surface area contributed by atoms with Crippen molar-refractivity contribution in [3.05, 3.63) is 32.9 Å². The zero-order valence-electron chi connectivity index (χ0n) is 9.39. The van der Waals surface area contributed by atoms with E-state index in [0.29, 0.717) is 12.1 Å². The average Bonchev–Trinajstić information content (AvgIpc) is 2.24. The minimum absolute atomic E-state index is 0.0218. The Morgan fingerprint density at radius 2 is 1.63 bits per heavy atom. The first-order valence-electron chi connectivity index (χ1n) is 4.85. The van der Waals surface area contributed by atoms with Crippen LogP contribution in [0.4, 0.5) is 30.7 Å². The third kappa shape index (κ3) is 2.82. The van der Waals surface area contributed by atoms with Gasteiger partial charge in [-0.2, -0.15) is 22.0 Å². The first-order valence-corrected chi connectivity index (χ1v) is 5.93. The highest BCUT2D eigenvalue weighted by Crippen LogP contribution is 2.52. The van der Waals surface area contributed by atoms with Crippen LogP contribution in [-0.4, -0.2) is 18.8 Å². The molecular formula is C11H7F7I. The maximum atomic E-state index is 14.0. The number of hydrogen-bond donors (Lipinski definition) is 0.